The maximum Gasteiger partial charge on any atom is 0.258 e. The number of H-pyrrole nitrogens is 1. The monoisotopic (exact) mass is 333 g/mol. The third kappa shape index (κ3) is 2.73. The van der Waals surface area contributed by atoms with Gasteiger partial charge in [0, 0.05) is 54.6 Å². The third-order valence-electron chi connectivity index (χ3n) is 4.26. The summed E-state index contributed by atoms with van der Waals surface area (Å²) in [7, 11) is 0. The molecule has 1 saturated heterocycles. The summed E-state index contributed by atoms with van der Waals surface area (Å²) in [6, 6.07) is 5.70. The molecule has 0 saturated carbocycles. The van der Waals surface area contributed by atoms with E-state index in [0.29, 0.717) is 43.3 Å². The van der Waals surface area contributed by atoms with Gasteiger partial charge in [-0.2, -0.15) is 4.98 Å². The second kappa shape index (κ2) is 5.63. The number of aromatic amines is 1. The minimum absolute atomic E-state index is 0.272. The summed E-state index contributed by atoms with van der Waals surface area (Å²) in [5, 5.41) is 16.3. The van der Waals surface area contributed by atoms with Gasteiger partial charge >= 0.3 is 0 Å². The van der Waals surface area contributed by atoms with Gasteiger partial charge in [0.15, 0.2) is 5.82 Å². The highest BCUT2D eigenvalue weighted by atomic mass is 35.5. The Bertz CT molecular complexity index is 836. The first kappa shape index (κ1) is 14.7. The Morgan fingerprint density at radius 2 is 2.13 bits per heavy atom. The number of halogens is 1. The van der Waals surface area contributed by atoms with Crippen molar-refractivity contribution < 1.29 is 14.4 Å². The molecule has 0 bridgehead atoms. The predicted molar refractivity (Wildman–Crippen MR) is 84.4 cm³/mol. The van der Waals surface area contributed by atoms with Gasteiger partial charge in [-0.05, 0) is 23.8 Å². The van der Waals surface area contributed by atoms with Crippen molar-refractivity contribution in [2.45, 2.75) is 24.9 Å². The molecule has 1 fully saturated rings. The average molecular weight is 334 g/mol. The van der Waals surface area contributed by atoms with Crippen LogP contribution in [0.4, 0.5) is 0 Å². The molecule has 7 heteroatoms. The lowest BCUT2D eigenvalue weighted by molar-refractivity contribution is -0.0856. The van der Waals surface area contributed by atoms with Crippen LogP contribution in [-0.4, -0.2) is 33.4 Å². The predicted octanol–water partition coefficient (Wildman–Crippen LogP) is 2.79. The van der Waals surface area contributed by atoms with E-state index in [9.17, 15) is 5.11 Å². The number of rotatable bonds is 3. The lowest BCUT2D eigenvalue weighted by Gasteiger charge is -2.27. The zero-order valence-electron chi connectivity index (χ0n) is 12.4. The van der Waals surface area contributed by atoms with Crippen LogP contribution in [0.5, 0.6) is 0 Å². The molecule has 3 aromatic rings. The highest BCUT2D eigenvalue weighted by molar-refractivity contribution is 6.31. The van der Waals surface area contributed by atoms with Crippen molar-refractivity contribution in [3.8, 4) is 0 Å². The number of fused-ring (bicyclic) bond motifs is 1. The number of nitrogens with zero attached hydrogens (tertiary/aromatic N) is 2. The van der Waals surface area contributed by atoms with Crippen molar-refractivity contribution in [1.29, 1.82) is 0 Å². The number of aromatic nitrogens is 3. The van der Waals surface area contributed by atoms with E-state index in [4.69, 9.17) is 20.9 Å². The second-order valence-corrected chi connectivity index (χ2v) is 6.28. The second-order valence-electron chi connectivity index (χ2n) is 5.84. The summed E-state index contributed by atoms with van der Waals surface area (Å²) in [5.41, 5.74) is 0.970. The summed E-state index contributed by atoms with van der Waals surface area (Å²) >= 11 is 6.07. The Balaban J connectivity index is 1.60. The largest absolute Gasteiger partial charge is 0.381 e. The molecule has 3 heterocycles. The van der Waals surface area contributed by atoms with Crippen LogP contribution in [0.3, 0.4) is 0 Å². The standard InChI is InChI=1S/C16H16ClN3O3/c17-11-1-2-13-12(8-11)10(9-18-13)7-14-19-15(23-20-14)16(21)3-5-22-6-4-16/h1-2,8-9,18,21H,3-7H2. The Labute approximate surface area is 137 Å². The molecule has 1 aliphatic rings. The minimum Gasteiger partial charge on any atom is -0.381 e. The molecule has 0 spiro atoms. The quantitative estimate of drug-likeness (QED) is 0.770. The SMILES string of the molecule is OC1(c2nc(Cc3c[nH]c4ccc(Cl)cc34)no2)CCOCC1. The summed E-state index contributed by atoms with van der Waals surface area (Å²) < 4.78 is 10.6. The van der Waals surface area contributed by atoms with E-state index in [1.165, 1.54) is 0 Å². The molecule has 0 aliphatic carbocycles. The van der Waals surface area contributed by atoms with E-state index >= 15 is 0 Å². The summed E-state index contributed by atoms with van der Waals surface area (Å²) in [6.07, 6.45) is 3.37. The zero-order valence-corrected chi connectivity index (χ0v) is 13.1. The van der Waals surface area contributed by atoms with Crippen molar-refractivity contribution in [2.24, 2.45) is 0 Å². The van der Waals surface area contributed by atoms with Crippen molar-refractivity contribution in [1.82, 2.24) is 15.1 Å². The Morgan fingerprint density at radius 3 is 2.96 bits per heavy atom. The fourth-order valence-electron chi connectivity index (χ4n) is 2.90. The van der Waals surface area contributed by atoms with Crippen LogP contribution < -0.4 is 0 Å². The lowest BCUT2D eigenvalue weighted by Crippen LogP contribution is -2.33. The maximum atomic E-state index is 10.6. The molecule has 6 nitrogen and oxygen atoms in total. The number of hydrogen-bond donors (Lipinski definition) is 2. The molecule has 0 unspecified atom stereocenters. The van der Waals surface area contributed by atoms with Crippen molar-refractivity contribution in [2.75, 3.05) is 13.2 Å². The molecular weight excluding hydrogens is 318 g/mol. The van der Waals surface area contributed by atoms with Gasteiger partial charge in [0.1, 0.15) is 5.60 Å². The van der Waals surface area contributed by atoms with Crippen LogP contribution in [0.15, 0.2) is 28.9 Å². The Hall–Kier alpha value is -1.89. The van der Waals surface area contributed by atoms with E-state index in [-0.39, 0.29) is 5.89 Å². The fourth-order valence-corrected chi connectivity index (χ4v) is 3.08. The molecular formula is C16H16ClN3O3. The lowest BCUT2D eigenvalue weighted by atomic mass is 9.94. The van der Waals surface area contributed by atoms with Crippen LogP contribution in [0.25, 0.3) is 10.9 Å². The molecule has 2 aromatic heterocycles. The zero-order chi connectivity index (χ0) is 15.9. The number of aliphatic hydroxyl groups is 1. The van der Waals surface area contributed by atoms with Gasteiger partial charge in [0.25, 0.3) is 5.89 Å². The Kier molecular flexibility index (Phi) is 3.60. The Morgan fingerprint density at radius 1 is 1.30 bits per heavy atom. The van der Waals surface area contributed by atoms with Crippen molar-refractivity contribution in [3.05, 3.63) is 46.7 Å². The van der Waals surface area contributed by atoms with Gasteiger partial charge in [-0.3, -0.25) is 0 Å². The molecule has 120 valence electrons. The van der Waals surface area contributed by atoms with Crippen molar-refractivity contribution >= 4 is 22.5 Å². The fraction of sp³-hybridized carbons (Fsp3) is 0.375. The van der Waals surface area contributed by atoms with Crippen LogP contribution >= 0.6 is 11.6 Å². The molecule has 2 N–H and O–H groups in total. The number of nitrogens with one attached hydrogen (secondary N) is 1. The molecule has 0 atom stereocenters. The van der Waals surface area contributed by atoms with E-state index in [1.54, 1.807) is 0 Å². The molecule has 23 heavy (non-hydrogen) atoms. The average Bonchev–Trinajstić information content (AvgIpc) is 3.17. The topological polar surface area (TPSA) is 84.2 Å². The number of ether oxygens (including phenoxy) is 1. The molecule has 0 radical (unpaired) electrons. The first-order valence-corrected chi connectivity index (χ1v) is 7.91. The smallest absolute Gasteiger partial charge is 0.258 e. The van der Waals surface area contributed by atoms with Gasteiger partial charge in [-0.1, -0.05) is 16.8 Å². The highest BCUT2D eigenvalue weighted by Gasteiger charge is 2.37. The van der Waals surface area contributed by atoms with Gasteiger partial charge in [0.05, 0.1) is 0 Å². The highest BCUT2D eigenvalue weighted by Crippen LogP contribution is 2.31. The number of hydrogen-bond acceptors (Lipinski definition) is 5. The van der Waals surface area contributed by atoms with Crippen LogP contribution in [-0.2, 0) is 16.8 Å². The van der Waals surface area contributed by atoms with Gasteiger partial charge in [0.2, 0.25) is 0 Å². The molecule has 1 aliphatic heterocycles. The third-order valence-corrected chi connectivity index (χ3v) is 4.50. The van der Waals surface area contributed by atoms with Crippen LogP contribution in [0, 0.1) is 0 Å². The first-order chi connectivity index (χ1) is 11.1. The molecule has 1 aromatic carbocycles. The summed E-state index contributed by atoms with van der Waals surface area (Å²) in [5.74, 6) is 0.814. The number of benzene rings is 1. The van der Waals surface area contributed by atoms with E-state index < -0.39 is 5.60 Å². The van der Waals surface area contributed by atoms with Gasteiger partial charge in [-0.15, -0.1) is 0 Å². The normalized spacial score (nSPS) is 17.7. The van der Waals surface area contributed by atoms with E-state index in [2.05, 4.69) is 15.1 Å². The van der Waals surface area contributed by atoms with E-state index in [0.717, 1.165) is 16.5 Å². The molecule has 4 rings (SSSR count). The maximum absolute atomic E-state index is 10.6. The van der Waals surface area contributed by atoms with E-state index in [1.807, 2.05) is 24.4 Å². The first-order valence-electron chi connectivity index (χ1n) is 7.53. The van der Waals surface area contributed by atoms with Crippen molar-refractivity contribution in [3.63, 3.8) is 0 Å². The summed E-state index contributed by atoms with van der Waals surface area (Å²) in [6.45, 7) is 0.990. The van der Waals surface area contributed by atoms with Crippen LogP contribution in [0.1, 0.15) is 30.1 Å². The molecule has 0 amide bonds. The summed E-state index contributed by atoms with van der Waals surface area (Å²) in [4.78, 5) is 7.58. The van der Waals surface area contributed by atoms with Gasteiger partial charge < -0.3 is 19.4 Å². The minimum atomic E-state index is -1.08. The van der Waals surface area contributed by atoms with Gasteiger partial charge in [-0.25, -0.2) is 0 Å². The van der Waals surface area contributed by atoms with Crippen LogP contribution in [0.2, 0.25) is 5.02 Å².